The number of anilines is 2. The van der Waals surface area contributed by atoms with Crippen LogP contribution in [0.3, 0.4) is 0 Å². The zero-order valence-electron chi connectivity index (χ0n) is 15.3. The third kappa shape index (κ3) is 2.56. The number of hydrogen-bond acceptors (Lipinski definition) is 6. The quantitative estimate of drug-likeness (QED) is 0.737. The van der Waals surface area contributed by atoms with E-state index in [4.69, 9.17) is 10.7 Å². The Labute approximate surface area is 157 Å². The van der Waals surface area contributed by atoms with Gasteiger partial charge in [0.05, 0.1) is 23.3 Å². The first-order chi connectivity index (χ1) is 13.2. The molecule has 1 aromatic carbocycles. The number of imidazole rings is 1. The van der Waals surface area contributed by atoms with Crippen molar-refractivity contribution in [1.82, 2.24) is 19.5 Å². The van der Waals surface area contributed by atoms with E-state index in [1.807, 2.05) is 24.4 Å². The van der Waals surface area contributed by atoms with Gasteiger partial charge in [0.25, 0.3) is 0 Å². The normalized spacial score (nSPS) is 21.9. The number of aliphatic hydroxyl groups is 1. The first kappa shape index (κ1) is 16.5. The van der Waals surface area contributed by atoms with Crippen molar-refractivity contribution in [2.24, 2.45) is 0 Å². The van der Waals surface area contributed by atoms with Crippen LogP contribution in [0.2, 0.25) is 0 Å². The summed E-state index contributed by atoms with van der Waals surface area (Å²) in [6, 6.07) is 8.13. The number of benzene rings is 1. The highest BCUT2D eigenvalue weighted by Crippen LogP contribution is 2.44. The number of rotatable bonds is 3. The number of nitrogen functional groups attached to an aromatic ring is 1. The van der Waals surface area contributed by atoms with E-state index in [0.717, 1.165) is 61.4 Å². The molecule has 140 valence electrons. The minimum atomic E-state index is 0.0207. The Bertz CT molecular complexity index is 995. The molecule has 0 radical (unpaired) electrons. The van der Waals surface area contributed by atoms with Gasteiger partial charge in [0.1, 0.15) is 0 Å². The van der Waals surface area contributed by atoms with Crippen LogP contribution in [0.15, 0.2) is 30.5 Å². The van der Waals surface area contributed by atoms with E-state index in [-0.39, 0.29) is 12.0 Å². The molecule has 1 spiro atoms. The molecule has 0 amide bonds. The Morgan fingerprint density at radius 2 is 2.07 bits per heavy atom. The number of hydrogen-bond donors (Lipinski definition) is 2. The Balaban J connectivity index is 1.56. The molecule has 27 heavy (non-hydrogen) atoms. The van der Waals surface area contributed by atoms with E-state index < -0.39 is 0 Å². The number of aliphatic hydroxyl groups excluding tert-OH is 1. The summed E-state index contributed by atoms with van der Waals surface area (Å²) in [6.45, 7) is 2.49. The topological polar surface area (TPSA) is 93.1 Å². The molecule has 0 bridgehead atoms. The second-order valence-electron chi connectivity index (χ2n) is 7.68. The van der Waals surface area contributed by atoms with Gasteiger partial charge in [-0.25, -0.2) is 15.0 Å². The number of aryl methyl sites for hydroxylation is 1. The van der Waals surface area contributed by atoms with Gasteiger partial charge in [0, 0.05) is 31.2 Å². The lowest BCUT2D eigenvalue weighted by Gasteiger charge is -2.41. The summed E-state index contributed by atoms with van der Waals surface area (Å²) in [6.07, 6.45) is 6.19. The lowest BCUT2D eigenvalue weighted by atomic mass is 9.77. The Morgan fingerprint density at radius 1 is 1.19 bits per heavy atom. The van der Waals surface area contributed by atoms with Gasteiger partial charge < -0.3 is 20.3 Å². The highest BCUT2D eigenvalue weighted by molar-refractivity contribution is 5.79. The molecule has 1 aliphatic carbocycles. The minimum absolute atomic E-state index is 0.0207. The predicted molar refractivity (Wildman–Crippen MR) is 105 cm³/mol. The molecule has 5 rings (SSSR count). The van der Waals surface area contributed by atoms with Crippen molar-refractivity contribution in [3.8, 4) is 0 Å². The average molecular weight is 364 g/mol. The predicted octanol–water partition coefficient (Wildman–Crippen LogP) is 1.89. The largest absolute Gasteiger partial charge is 0.395 e. The summed E-state index contributed by atoms with van der Waals surface area (Å²) in [7, 11) is 0. The molecule has 7 heteroatoms. The summed E-state index contributed by atoms with van der Waals surface area (Å²) in [5, 5.41) is 9.59. The maximum atomic E-state index is 9.59. The molecule has 1 atom stereocenters. The van der Waals surface area contributed by atoms with E-state index in [2.05, 4.69) is 25.5 Å². The summed E-state index contributed by atoms with van der Waals surface area (Å²) in [5.74, 6) is 1.31. The molecule has 1 fully saturated rings. The number of nitrogens with two attached hydrogens (primary N) is 1. The first-order valence-corrected chi connectivity index (χ1v) is 9.63. The Morgan fingerprint density at radius 3 is 2.96 bits per heavy atom. The second kappa shape index (κ2) is 6.20. The fraction of sp³-hybridized carbons (Fsp3) is 0.450. The van der Waals surface area contributed by atoms with E-state index in [1.165, 1.54) is 5.56 Å². The van der Waals surface area contributed by atoms with Crippen molar-refractivity contribution in [2.45, 2.75) is 37.6 Å². The fourth-order valence-electron chi connectivity index (χ4n) is 4.88. The van der Waals surface area contributed by atoms with Crippen LogP contribution in [-0.2, 0) is 18.4 Å². The van der Waals surface area contributed by atoms with Gasteiger partial charge in [-0.15, -0.1) is 0 Å². The van der Waals surface area contributed by atoms with E-state index >= 15 is 0 Å². The maximum absolute atomic E-state index is 9.59. The number of nitrogens with zero attached hydrogens (tertiary/aromatic N) is 5. The highest BCUT2D eigenvalue weighted by atomic mass is 16.3. The summed E-state index contributed by atoms with van der Waals surface area (Å²) >= 11 is 0. The lowest BCUT2D eigenvalue weighted by molar-refractivity contribution is 0.276. The molecular weight excluding hydrogens is 340 g/mol. The van der Waals surface area contributed by atoms with Crippen molar-refractivity contribution in [1.29, 1.82) is 0 Å². The van der Waals surface area contributed by atoms with Crippen LogP contribution in [0.4, 0.5) is 11.9 Å². The standard InChI is InChI=1S/C20H24N6O/c21-18-22-12-14-6-8-20(17(14)24-18)7-3-9-25(13-20)19-23-15-4-1-2-5-16(15)26(19)10-11-27/h1-2,4-5,12,27H,3,6-11,13H2,(H2,21,22,24). The monoisotopic (exact) mass is 364 g/mol. The van der Waals surface area contributed by atoms with Crippen LogP contribution in [0.1, 0.15) is 30.5 Å². The van der Waals surface area contributed by atoms with Crippen molar-refractivity contribution >= 4 is 22.9 Å². The third-order valence-corrected chi connectivity index (χ3v) is 6.08. The molecule has 1 unspecified atom stereocenters. The highest BCUT2D eigenvalue weighted by Gasteiger charge is 2.44. The van der Waals surface area contributed by atoms with Gasteiger partial charge in [-0.3, -0.25) is 0 Å². The number of piperidine rings is 1. The van der Waals surface area contributed by atoms with Crippen molar-refractivity contribution in [2.75, 3.05) is 30.3 Å². The molecule has 2 aliphatic rings. The van der Waals surface area contributed by atoms with Gasteiger partial charge in [-0.2, -0.15) is 0 Å². The van der Waals surface area contributed by atoms with Gasteiger partial charge in [0.15, 0.2) is 0 Å². The molecule has 0 saturated carbocycles. The van der Waals surface area contributed by atoms with Crippen LogP contribution in [0.5, 0.6) is 0 Å². The van der Waals surface area contributed by atoms with Gasteiger partial charge >= 0.3 is 0 Å². The van der Waals surface area contributed by atoms with Gasteiger partial charge in [-0.1, -0.05) is 12.1 Å². The third-order valence-electron chi connectivity index (χ3n) is 6.08. The van der Waals surface area contributed by atoms with Crippen molar-refractivity contribution < 1.29 is 5.11 Å². The average Bonchev–Trinajstić information content (AvgIpc) is 3.22. The van der Waals surface area contributed by atoms with Crippen molar-refractivity contribution in [3.05, 3.63) is 41.7 Å². The van der Waals surface area contributed by atoms with Crippen LogP contribution in [0.25, 0.3) is 11.0 Å². The molecule has 1 aliphatic heterocycles. The van der Waals surface area contributed by atoms with Crippen LogP contribution in [-0.4, -0.2) is 44.3 Å². The first-order valence-electron chi connectivity index (χ1n) is 9.63. The Hall–Kier alpha value is -2.67. The molecular formula is C20H24N6O. The minimum Gasteiger partial charge on any atom is -0.395 e. The molecule has 3 N–H and O–H groups in total. The molecule has 1 saturated heterocycles. The van der Waals surface area contributed by atoms with Crippen molar-refractivity contribution in [3.63, 3.8) is 0 Å². The van der Waals surface area contributed by atoms with Gasteiger partial charge in [-0.05, 0) is 43.4 Å². The van der Waals surface area contributed by atoms with E-state index in [1.54, 1.807) is 0 Å². The summed E-state index contributed by atoms with van der Waals surface area (Å²) in [5.41, 5.74) is 10.3. The zero-order chi connectivity index (χ0) is 18.4. The van der Waals surface area contributed by atoms with Crippen LogP contribution < -0.4 is 10.6 Å². The number of para-hydroxylation sites is 2. The summed E-state index contributed by atoms with van der Waals surface area (Å²) in [4.78, 5) is 16.1. The van der Waals surface area contributed by atoms with E-state index in [9.17, 15) is 5.11 Å². The lowest BCUT2D eigenvalue weighted by Crippen LogP contribution is -2.46. The number of aromatic nitrogens is 4. The molecule has 3 heterocycles. The van der Waals surface area contributed by atoms with Crippen LogP contribution in [0, 0.1) is 0 Å². The Kier molecular flexibility index (Phi) is 3.79. The molecule has 7 nitrogen and oxygen atoms in total. The number of fused-ring (bicyclic) bond motifs is 3. The SMILES string of the molecule is Nc1ncc2c(n1)C1(CCCN(c3nc4ccccc4n3CCO)C1)CC2. The molecule has 2 aromatic heterocycles. The van der Waals surface area contributed by atoms with E-state index in [0.29, 0.717) is 12.5 Å². The molecule has 3 aromatic rings. The zero-order valence-corrected chi connectivity index (χ0v) is 15.3. The van der Waals surface area contributed by atoms with Crippen LogP contribution >= 0.6 is 0 Å². The fourth-order valence-corrected chi connectivity index (χ4v) is 4.88. The summed E-state index contributed by atoms with van der Waals surface area (Å²) < 4.78 is 2.14. The smallest absolute Gasteiger partial charge is 0.220 e. The maximum Gasteiger partial charge on any atom is 0.220 e. The van der Waals surface area contributed by atoms with Gasteiger partial charge in [0.2, 0.25) is 11.9 Å². The second-order valence-corrected chi connectivity index (χ2v) is 7.68.